The number of likely N-dealkylation sites (N-methyl/N-ethyl adjacent to an activating group) is 1. The number of piperazine rings is 1. The Bertz CT molecular complexity index is 780. The fourth-order valence-corrected chi connectivity index (χ4v) is 5.07. The van der Waals surface area contributed by atoms with Crippen LogP contribution in [0.4, 0.5) is 5.82 Å². The molecule has 2 aromatic heterocycles. The minimum absolute atomic E-state index is 0.153. The first-order valence-corrected chi connectivity index (χ1v) is 11.0. The maximum atomic E-state index is 12.8. The van der Waals surface area contributed by atoms with Crippen LogP contribution in [0.15, 0.2) is 28.1 Å². The zero-order chi connectivity index (χ0) is 18.8. The van der Waals surface area contributed by atoms with Gasteiger partial charge in [-0.05, 0) is 60.1 Å². The van der Waals surface area contributed by atoms with E-state index in [1.807, 2.05) is 29.2 Å². The van der Waals surface area contributed by atoms with Crippen LogP contribution in [-0.2, 0) is 4.79 Å². The number of carbonyl (C=O) groups is 1. The number of rotatable bonds is 3. The van der Waals surface area contributed by atoms with Gasteiger partial charge in [-0.1, -0.05) is 0 Å². The van der Waals surface area contributed by atoms with E-state index in [0.29, 0.717) is 5.91 Å². The molecule has 0 atom stereocenters. The SMILES string of the molecule is CN1CCN(C(=O)C2CCN(c3ccc(-c4ccc(Br)s4)nn3)CC2)CC1. The standard InChI is InChI=1S/C19H24BrN5OS/c1-23-10-12-25(13-11-23)19(26)14-6-8-24(9-7-14)18-5-2-15(21-22-18)16-3-4-17(20)27-16/h2-5,14H,6-13H2,1H3. The van der Waals surface area contributed by atoms with Crippen LogP contribution in [0, 0.1) is 5.92 Å². The van der Waals surface area contributed by atoms with Crippen molar-refractivity contribution in [3.8, 4) is 10.6 Å². The molecule has 2 fully saturated rings. The molecular formula is C19H24BrN5OS. The van der Waals surface area contributed by atoms with Crippen molar-refractivity contribution in [3.63, 3.8) is 0 Å². The fraction of sp³-hybridized carbons (Fsp3) is 0.526. The second kappa shape index (κ2) is 8.24. The normalized spacial score (nSPS) is 19.5. The predicted molar refractivity (Wildman–Crippen MR) is 112 cm³/mol. The third-order valence-corrected chi connectivity index (χ3v) is 7.11. The highest BCUT2D eigenvalue weighted by Gasteiger charge is 2.30. The van der Waals surface area contributed by atoms with Crippen LogP contribution >= 0.6 is 27.3 Å². The summed E-state index contributed by atoms with van der Waals surface area (Å²) in [5.74, 6) is 1.40. The smallest absolute Gasteiger partial charge is 0.225 e. The molecule has 0 bridgehead atoms. The molecule has 0 saturated carbocycles. The number of hydrogen-bond donors (Lipinski definition) is 0. The van der Waals surface area contributed by atoms with Crippen LogP contribution in [0.5, 0.6) is 0 Å². The lowest BCUT2D eigenvalue weighted by Crippen LogP contribution is -2.50. The molecule has 0 aromatic carbocycles. The van der Waals surface area contributed by atoms with Crippen molar-refractivity contribution < 1.29 is 4.79 Å². The first-order valence-electron chi connectivity index (χ1n) is 9.42. The Morgan fingerprint density at radius 3 is 2.37 bits per heavy atom. The number of hydrogen-bond acceptors (Lipinski definition) is 6. The fourth-order valence-electron chi connectivity index (χ4n) is 3.72. The lowest BCUT2D eigenvalue weighted by Gasteiger charge is -2.37. The highest BCUT2D eigenvalue weighted by atomic mass is 79.9. The van der Waals surface area contributed by atoms with E-state index in [-0.39, 0.29) is 5.92 Å². The number of piperidine rings is 1. The van der Waals surface area contributed by atoms with Crippen LogP contribution in [0.25, 0.3) is 10.6 Å². The van der Waals surface area contributed by atoms with Crippen molar-refractivity contribution in [2.45, 2.75) is 12.8 Å². The van der Waals surface area contributed by atoms with Gasteiger partial charge >= 0.3 is 0 Å². The molecule has 0 N–H and O–H groups in total. The van der Waals surface area contributed by atoms with E-state index < -0.39 is 0 Å². The van der Waals surface area contributed by atoms with Gasteiger partial charge in [-0.15, -0.1) is 21.5 Å². The zero-order valence-electron chi connectivity index (χ0n) is 15.5. The van der Waals surface area contributed by atoms with E-state index >= 15 is 0 Å². The van der Waals surface area contributed by atoms with Gasteiger partial charge in [0.05, 0.1) is 8.66 Å². The average molecular weight is 450 g/mol. The van der Waals surface area contributed by atoms with Crippen LogP contribution in [-0.4, -0.2) is 72.2 Å². The summed E-state index contributed by atoms with van der Waals surface area (Å²) in [5.41, 5.74) is 0.898. The molecule has 8 heteroatoms. The molecule has 4 rings (SSSR count). The molecule has 2 aliphatic rings. The molecule has 2 aliphatic heterocycles. The Labute approximate surface area is 172 Å². The molecule has 6 nitrogen and oxygen atoms in total. The number of halogens is 1. The molecular weight excluding hydrogens is 426 g/mol. The van der Waals surface area contributed by atoms with Gasteiger partial charge in [0.15, 0.2) is 5.82 Å². The van der Waals surface area contributed by atoms with E-state index in [1.54, 1.807) is 11.3 Å². The molecule has 2 aromatic rings. The number of thiophene rings is 1. The van der Waals surface area contributed by atoms with Gasteiger partial charge in [-0.25, -0.2) is 0 Å². The second-order valence-electron chi connectivity index (χ2n) is 7.27. The van der Waals surface area contributed by atoms with Gasteiger partial charge in [-0.3, -0.25) is 4.79 Å². The van der Waals surface area contributed by atoms with E-state index in [2.05, 4.69) is 43.0 Å². The molecule has 4 heterocycles. The summed E-state index contributed by atoms with van der Waals surface area (Å²) in [6.07, 6.45) is 1.79. The summed E-state index contributed by atoms with van der Waals surface area (Å²) in [6, 6.07) is 8.15. The van der Waals surface area contributed by atoms with Crippen LogP contribution in [0.2, 0.25) is 0 Å². The summed E-state index contributed by atoms with van der Waals surface area (Å²) < 4.78 is 1.09. The second-order valence-corrected chi connectivity index (χ2v) is 9.73. The monoisotopic (exact) mass is 449 g/mol. The zero-order valence-corrected chi connectivity index (χ0v) is 17.9. The van der Waals surface area contributed by atoms with E-state index in [4.69, 9.17) is 0 Å². The number of amides is 1. The van der Waals surface area contributed by atoms with Crippen LogP contribution in [0.3, 0.4) is 0 Å². The topological polar surface area (TPSA) is 52.6 Å². The highest BCUT2D eigenvalue weighted by molar-refractivity contribution is 9.11. The number of anilines is 1. The van der Waals surface area contributed by atoms with Gasteiger partial charge in [0, 0.05) is 45.2 Å². The van der Waals surface area contributed by atoms with Gasteiger partial charge in [0.1, 0.15) is 5.69 Å². The number of carbonyl (C=O) groups excluding carboxylic acids is 1. The largest absolute Gasteiger partial charge is 0.355 e. The Morgan fingerprint density at radius 2 is 1.78 bits per heavy atom. The highest BCUT2D eigenvalue weighted by Crippen LogP contribution is 2.30. The third-order valence-electron chi connectivity index (χ3n) is 5.46. The van der Waals surface area contributed by atoms with Crippen molar-refractivity contribution >= 4 is 39.0 Å². The van der Waals surface area contributed by atoms with Crippen molar-refractivity contribution in [2.24, 2.45) is 5.92 Å². The third kappa shape index (κ3) is 4.33. The molecule has 2 saturated heterocycles. The van der Waals surface area contributed by atoms with Crippen molar-refractivity contribution in [1.29, 1.82) is 0 Å². The van der Waals surface area contributed by atoms with Gasteiger partial charge in [0.2, 0.25) is 5.91 Å². The molecule has 27 heavy (non-hydrogen) atoms. The van der Waals surface area contributed by atoms with Crippen molar-refractivity contribution in [1.82, 2.24) is 20.0 Å². The maximum Gasteiger partial charge on any atom is 0.225 e. The minimum atomic E-state index is 0.153. The summed E-state index contributed by atoms with van der Waals surface area (Å²) in [7, 11) is 2.11. The Hall–Kier alpha value is -1.51. The number of nitrogens with zero attached hydrogens (tertiary/aromatic N) is 5. The molecule has 144 valence electrons. The summed E-state index contributed by atoms with van der Waals surface area (Å²) >= 11 is 5.14. The first kappa shape index (κ1) is 18.8. The minimum Gasteiger partial charge on any atom is -0.355 e. The van der Waals surface area contributed by atoms with E-state index in [1.165, 1.54) is 0 Å². The van der Waals surface area contributed by atoms with Crippen molar-refractivity contribution in [3.05, 3.63) is 28.1 Å². The Balaban J connectivity index is 1.33. The quantitative estimate of drug-likeness (QED) is 0.720. The summed E-state index contributed by atoms with van der Waals surface area (Å²) in [5, 5.41) is 8.81. The first-order chi connectivity index (χ1) is 13.1. The average Bonchev–Trinajstić information content (AvgIpc) is 3.15. The Morgan fingerprint density at radius 1 is 1.04 bits per heavy atom. The number of aromatic nitrogens is 2. The van der Waals surface area contributed by atoms with Crippen LogP contribution in [0.1, 0.15) is 12.8 Å². The summed E-state index contributed by atoms with van der Waals surface area (Å²) in [4.78, 5) is 20.4. The van der Waals surface area contributed by atoms with E-state index in [0.717, 1.165) is 72.3 Å². The maximum absolute atomic E-state index is 12.8. The van der Waals surface area contributed by atoms with Crippen molar-refractivity contribution in [2.75, 3.05) is 51.2 Å². The lowest BCUT2D eigenvalue weighted by molar-refractivity contribution is -0.137. The molecule has 1 amide bonds. The molecule has 0 radical (unpaired) electrons. The molecule has 0 unspecified atom stereocenters. The van der Waals surface area contributed by atoms with Gasteiger partial charge in [-0.2, -0.15) is 0 Å². The van der Waals surface area contributed by atoms with E-state index in [9.17, 15) is 4.79 Å². The molecule has 0 spiro atoms. The molecule has 0 aliphatic carbocycles. The predicted octanol–water partition coefficient (Wildman–Crippen LogP) is 2.96. The summed E-state index contributed by atoms with van der Waals surface area (Å²) in [6.45, 7) is 5.41. The lowest BCUT2D eigenvalue weighted by atomic mass is 9.95. The Kier molecular flexibility index (Phi) is 5.75. The van der Waals surface area contributed by atoms with Gasteiger partial charge in [0.25, 0.3) is 0 Å². The van der Waals surface area contributed by atoms with Crippen LogP contribution < -0.4 is 4.90 Å². The van der Waals surface area contributed by atoms with Gasteiger partial charge < -0.3 is 14.7 Å².